The normalized spacial score (nSPS) is 10.2. The van der Waals surface area contributed by atoms with Gasteiger partial charge < -0.3 is 4.74 Å². The minimum Gasteiger partial charge on any atom is -0.456 e. The molecule has 0 aliphatic rings. The quantitative estimate of drug-likeness (QED) is 0.708. The first-order chi connectivity index (χ1) is 7.66. The third kappa shape index (κ3) is 2.62. The van der Waals surface area contributed by atoms with E-state index in [9.17, 15) is 0 Å². The van der Waals surface area contributed by atoms with Crippen molar-refractivity contribution in [3.05, 3.63) is 57.5 Å². The summed E-state index contributed by atoms with van der Waals surface area (Å²) in [5.74, 6) is 1.13. The van der Waals surface area contributed by atoms with E-state index in [1.54, 1.807) is 42.5 Å². The van der Waals surface area contributed by atoms with E-state index < -0.39 is 0 Å². The first-order valence-electron chi connectivity index (χ1n) is 4.54. The number of hydrogen-bond acceptors (Lipinski definition) is 1. The Morgan fingerprint density at radius 3 is 2.38 bits per heavy atom. The van der Waals surface area contributed by atoms with Crippen LogP contribution in [0.15, 0.2) is 42.5 Å². The van der Waals surface area contributed by atoms with Gasteiger partial charge in [0.25, 0.3) is 0 Å². The van der Waals surface area contributed by atoms with Crippen LogP contribution in [-0.4, -0.2) is 0 Å². The molecule has 2 aromatic rings. The number of halogens is 3. The zero-order chi connectivity index (χ0) is 11.5. The van der Waals surface area contributed by atoms with Gasteiger partial charge in [0.2, 0.25) is 0 Å². The van der Waals surface area contributed by atoms with E-state index in [4.69, 9.17) is 39.5 Å². The molecule has 0 aliphatic heterocycles. The molecule has 0 saturated heterocycles. The Morgan fingerprint density at radius 1 is 0.875 bits per heavy atom. The Labute approximate surface area is 109 Å². The molecule has 0 saturated carbocycles. The molecule has 0 aliphatic carbocycles. The molecule has 16 heavy (non-hydrogen) atoms. The van der Waals surface area contributed by atoms with Crippen molar-refractivity contribution < 1.29 is 4.74 Å². The molecule has 82 valence electrons. The van der Waals surface area contributed by atoms with Gasteiger partial charge in [-0.15, -0.1) is 0 Å². The van der Waals surface area contributed by atoms with Crippen LogP contribution in [0.3, 0.4) is 0 Å². The van der Waals surface area contributed by atoms with Crippen molar-refractivity contribution >= 4 is 34.8 Å². The smallest absolute Gasteiger partial charge is 0.147 e. The molecule has 2 rings (SSSR count). The van der Waals surface area contributed by atoms with E-state index in [0.29, 0.717) is 26.6 Å². The Hall–Kier alpha value is -0.890. The highest BCUT2D eigenvalue weighted by molar-refractivity contribution is 6.42. The summed E-state index contributed by atoms with van der Waals surface area (Å²) in [6, 6.07) is 12.3. The average molecular weight is 274 g/mol. The van der Waals surface area contributed by atoms with E-state index in [-0.39, 0.29) is 0 Å². The predicted octanol–water partition coefficient (Wildman–Crippen LogP) is 5.44. The second-order valence-corrected chi connectivity index (χ2v) is 4.33. The fourth-order valence-corrected chi connectivity index (χ4v) is 1.73. The second kappa shape index (κ2) is 4.96. The van der Waals surface area contributed by atoms with Gasteiger partial charge >= 0.3 is 0 Å². The number of rotatable bonds is 2. The SMILES string of the molecule is Clc1cccc(Oc2cccc(Cl)c2Cl)c1. The Bertz CT molecular complexity index is 511. The van der Waals surface area contributed by atoms with Gasteiger partial charge in [-0.05, 0) is 30.3 Å². The lowest BCUT2D eigenvalue weighted by Crippen LogP contribution is -1.85. The largest absolute Gasteiger partial charge is 0.456 e. The van der Waals surface area contributed by atoms with Crippen molar-refractivity contribution in [1.29, 1.82) is 0 Å². The molecule has 0 bridgehead atoms. The van der Waals surface area contributed by atoms with Crippen LogP contribution in [0, 0.1) is 0 Å². The van der Waals surface area contributed by atoms with E-state index in [2.05, 4.69) is 0 Å². The third-order valence-electron chi connectivity index (χ3n) is 1.94. The molecule has 0 atom stereocenters. The van der Waals surface area contributed by atoms with Crippen LogP contribution >= 0.6 is 34.8 Å². The van der Waals surface area contributed by atoms with Crippen molar-refractivity contribution in [2.24, 2.45) is 0 Å². The maximum atomic E-state index is 5.99. The summed E-state index contributed by atoms with van der Waals surface area (Å²) in [5, 5.41) is 1.46. The van der Waals surface area contributed by atoms with Crippen LogP contribution in [0.25, 0.3) is 0 Å². The van der Waals surface area contributed by atoms with Gasteiger partial charge in [-0.25, -0.2) is 0 Å². The first kappa shape index (κ1) is 11.6. The van der Waals surface area contributed by atoms with Crippen molar-refractivity contribution in [1.82, 2.24) is 0 Å². The molecule has 0 spiro atoms. The van der Waals surface area contributed by atoms with Crippen molar-refractivity contribution in [2.75, 3.05) is 0 Å². The monoisotopic (exact) mass is 272 g/mol. The molecule has 0 heterocycles. The summed E-state index contributed by atoms with van der Waals surface area (Å²) in [5.41, 5.74) is 0. The molecule has 0 unspecified atom stereocenters. The van der Waals surface area contributed by atoms with Crippen LogP contribution in [0.5, 0.6) is 11.5 Å². The first-order valence-corrected chi connectivity index (χ1v) is 5.67. The fourth-order valence-electron chi connectivity index (χ4n) is 1.22. The van der Waals surface area contributed by atoms with E-state index >= 15 is 0 Å². The molecule has 1 nitrogen and oxygen atoms in total. The summed E-state index contributed by atoms with van der Waals surface area (Å²) in [6.45, 7) is 0. The van der Waals surface area contributed by atoms with Gasteiger partial charge in [-0.3, -0.25) is 0 Å². The zero-order valence-corrected chi connectivity index (χ0v) is 10.4. The highest BCUT2D eigenvalue weighted by atomic mass is 35.5. The molecule has 0 fully saturated rings. The molecular formula is C12H7Cl3O. The maximum absolute atomic E-state index is 5.99. The van der Waals surface area contributed by atoms with E-state index in [0.717, 1.165) is 0 Å². The summed E-state index contributed by atoms with van der Waals surface area (Å²) < 4.78 is 5.57. The lowest BCUT2D eigenvalue weighted by Gasteiger charge is -2.08. The average Bonchev–Trinajstić information content (AvgIpc) is 2.25. The summed E-state index contributed by atoms with van der Waals surface area (Å²) in [7, 11) is 0. The van der Waals surface area contributed by atoms with Gasteiger partial charge in [0, 0.05) is 5.02 Å². The van der Waals surface area contributed by atoms with E-state index in [1.807, 2.05) is 0 Å². The van der Waals surface area contributed by atoms with Gasteiger partial charge in [0.15, 0.2) is 0 Å². The van der Waals surface area contributed by atoms with Crippen LogP contribution in [-0.2, 0) is 0 Å². The molecule has 0 aromatic heterocycles. The van der Waals surface area contributed by atoms with Gasteiger partial charge in [-0.2, -0.15) is 0 Å². The maximum Gasteiger partial charge on any atom is 0.147 e. The molecule has 0 amide bonds. The van der Waals surface area contributed by atoms with Crippen molar-refractivity contribution in [3.63, 3.8) is 0 Å². The Balaban J connectivity index is 2.31. The highest BCUT2D eigenvalue weighted by Gasteiger charge is 2.06. The third-order valence-corrected chi connectivity index (χ3v) is 2.98. The summed E-state index contributed by atoms with van der Waals surface area (Å²) in [6.07, 6.45) is 0. The molecule has 4 heteroatoms. The minimum absolute atomic E-state index is 0.393. The lowest BCUT2D eigenvalue weighted by molar-refractivity contribution is 0.483. The van der Waals surface area contributed by atoms with Crippen LogP contribution in [0.4, 0.5) is 0 Å². The van der Waals surface area contributed by atoms with Crippen LogP contribution in [0.2, 0.25) is 15.1 Å². The van der Waals surface area contributed by atoms with Crippen molar-refractivity contribution in [2.45, 2.75) is 0 Å². The van der Waals surface area contributed by atoms with Gasteiger partial charge in [0.05, 0.1) is 5.02 Å². The minimum atomic E-state index is 0.393. The molecular weight excluding hydrogens is 266 g/mol. The second-order valence-electron chi connectivity index (χ2n) is 3.11. The van der Waals surface area contributed by atoms with Crippen molar-refractivity contribution in [3.8, 4) is 11.5 Å². The highest BCUT2D eigenvalue weighted by Crippen LogP contribution is 2.34. The van der Waals surface area contributed by atoms with Crippen LogP contribution < -0.4 is 4.74 Å². The molecule has 0 N–H and O–H groups in total. The summed E-state index contributed by atoms with van der Waals surface area (Å²) >= 11 is 17.7. The molecule has 2 aromatic carbocycles. The standard InChI is InChI=1S/C12H7Cl3O/c13-8-3-1-4-9(7-8)16-11-6-2-5-10(14)12(11)15/h1-7H. The number of hydrogen-bond donors (Lipinski definition) is 0. The fraction of sp³-hybridized carbons (Fsp3) is 0. The Kier molecular flexibility index (Phi) is 3.59. The zero-order valence-electron chi connectivity index (χ0n) is 8.08. The van der Waals surface area contributed by atoms with Gasteiger partial charge in [0.1, 0.15) is 16.5 Å². The summed E-state index contributed by atoms with van der Waals surface area (Å²) in [4.78, 5) is 0. The topological polar surface area (TPSA) is 9.23 Å². The van der Waals surface area contributed by atoms with Gasteiger partial charge in [-0.1, -0.05) is 46.9 Å². The van der Waals surface area contributed by atoms with Crippen LogP contribution in [0.1, 0.15) is 0 Å². The Morgan fingerprint density at radius 2 is 1.62 bits per heavy atom. The number of ether oxygens (including phenoxy) is 1. The molecule has 0 radical (unpaired) electrons. The number of benzene rings is 2. The lowest BCUT2D eigenvalue weighted by atomic mass is 10.3. The predicted molar refractivity (Wildman–Crippen MR) is 68.0 cm³/mol. The van der Waals surface area contributed by atoms with E-state index in [1.165, 1.54) is 0 Å².